The smallest absolute Gasteiger partial charge is 0.0833 e. The van der Waals surface area contributed by atoms with Gasteiger partial charge < -0.3 is 5.11 Å². The molecule has 4 heteroatoms. The zero-order chi connectivity index (χ0) is 14.0. The van der Waals surface area contributed by atoms with Crippen LogP contribution in [-0.2, 0) is 6.42 Å². The van der Waals surface area contributed by atoms with Gasteiger partial charge in [0.2, 0.25) is 0 Å². The molecule has 0 saturated carbocycles. The van der Waals surface area contributed by atoms with Gasteiger partial charge in [0.05, 0.1) is 16.1 Å². The quantitative estimate of drug-likeness (QED) is 0.822. The molecule has 2 rings (SSSR count). The highest BCUT2D eigenvalue weighted by atomic mass is 35.5. The topological polar surface area (TPSA) is 20.2 Å². The third-order valence-corrected chi connectivity index (χ3v) is 4.23. The maximum atomic E-state index is 10.3. The normalized spacial score (nSPS) is 12.5. The molecule has 1 unspecified atom stereocenters. The lowest BCUT2D eigenvalue weighted by Crippen LogP contribution is -2.04. The lowest BCUT2D eigenvalue weighted by Gasteiger charge is -2.15. The predicted molar refractivity (Wildman–Crippen MR) is 81.3 cm³/mol. The standard InChI is InChI=1S/C15H13Cl3O/c1-9-11(3-2-4-12(9)16)15(19)8-10-5-6-13(17)14(18)7-10/h2-7,15,19H,8H2,1H3. The predicted octanol–water partition coefficient (Wildman–Crippen LogP) is 5.23. The van der Waals surface area contributed by atoms with Crippen molar-refractivity contribution in [2.24, 2.45) is 0 Å². The van der Waals surface area contributed by atoms with E-state index in [1.807, 2.05) is 31.2 Å². The SMILES string of the molecule is Cc1c(Cl)cccc1C(O)Cc1ccc(Cl)c(Cl)c1. The highest BCUT2D eigenvalue weighted by Crippen LogP contribution is 2.28. The van der Waals surface area contributed by atoms with Crippen molar-refractivity contribution in [1.29, 1.82) is 0 Å². The summed E-state index contributed by atoms with van der Waals surface area (Å²) < 4.78 is 0. The van der Waals surface area contributed by atoms with E-state index in [-0.39, 0.29) is 0 Å². The number of aliphatic hydroxyl groups is 1. The minimum Gasteiger partial charge on any atom is -0.388 e. The molecule has 0 fully saturated rings. The van der Waals surface area contributed by atoms with Crippen molar-refractivity contribution in [3.8, 4) is 0 Å². The fourth-order valence-electron chi connectivity index (χ4n) is 1.98. The van der Waals surface area contributed by atoms with Gasteiger partial charge in [-0.1, -0.05) is 53.0 Å². The lowest BCUT2D eigenvalue weighted by atomic mass is 9.98. The molecule has 100 valence electrons. The van der Waals surface area contributed by atoms with E-state index in [0.717, 1.165) is 16.7 Å². The van der Waals surface area contributed by atoms with Crippen LogP contribution in [0.1, 0.15) is 22.8 Å². The second kappa shape index (κ2) is 6.15. The van der Waals surface area contributed by atoms with E-state index in [1.54, 1.807) is 12.1 Å². The van der Waals surface area contributed by atoms with Crippen molar-refractivity contribution < 1.29 is 5.11 Å². The molecule has 0 aliphatic carbocycles. The van der Waals surface area contributed by atoms with Gasteiger partial charge in [0.15, 0.2) is 0 Å². The van der Waals surface area contributed by atoms with Gasteiger partial charge in [0.25, 0.3) is 0 Å². The molecule has 0 radical (unpaired) electrons. The van der Waals surface area contributed by atoms with Gasteiger partial charge in [-0.3, -0.25) is 0 Å². The summed E-state index contributed by atoms with van der Waals surface area (Å²) in [5.74, 6) is 0. The molecule has 0 spiro atoms. The third kappa shape index (κ3) is 3.43. The first kappa shape index (κ1) is 14.7. The zero-order valence-electron chi connectivity index (χ0n) is 10.3. The first-order valence-electron chi connectivity index (χ1n) is 5.86. The molecular weight excluding hydrogens is 303 g/mol. The van der Waals surface area contributed by atoms with Gasteiger partial charge in [-0.2, -0.15) is 0 Å². The average molecular weight is 316 g/mol. The Morgan fingerprint density at radius 2 is 1.74 bits per heavy atom. The Morgan fingerprint density at radius 1 is 1.00 bits per heavy atom. The molecule has 1 atom stereocenters. The van der Waals surface area contributed by atoms with E-state index in [4.69, 9.17) is 34.8 Å². The largest absolute Gasteiger partial charge is 0.388 e. The lowest BCUT2D eigenvalue weighted by molar-refractivity contribution is 0.178. The summed E-state index contributed by atoms with van der Waals surface area (Å²) in [6.07, 6.45) is -0.145. The van der Waals surface area contributed by atoms with Crippen LogP contribution in [-0.4, -0.2) is 5.11 Å². The number of halogens is 3. The Bertz CT molecular complexity index is 596. The summed E-state index contributed by atoms with van der Waals surface area (Å²) in [7, 11) is 0. The molecule has 2 aromatic carbocycles. The first-order valence-corrected chi connectivity index (χ1v) is 6.99. The van der Waals surface area contributed by atoms with Crippen LogP contribution in [0.15, 0.2) is 36.4 Å². The van der Waals surface area contributed by atoms with Crippen molar-refractivity contribution in [2.75, 3.05) is 0 Å². The van der Waals surface area contributed by atoms with Crippen molar-refractivity contribution in [3.63, 3.8) is 0 Å². The Morgan fingerprint density at radius 3 is 2.42 bits per heavy atom. The summed E-state index contributed by atoms with van der Waals surface area (Å²) >= 11 is 17.9. The first-order chi connectivity index (χ1) is 8.99. The van der Waals surface area contributed by atoms with Crippen LogP contribution in [0.2, 0.25) is 15.1 Å². The van der Waals surface area contributed by atoms with Crippen LogP contribution in [0, 0.1) is 6.92 Å². The number of rotatable bonds is 3. The maximum Gasteiger partial charge on any atom is 0.0833 e. The number of aliphatic hydroxyl groups excluding tert-OH is 1. The molecule has 0 saturated heterocycles. The summed E-state index contributed by atoms with van der Waals surface area (Å²) in [6, 6.07) is 10.9. The van der Waals surface area contributed by atoms with Gasteiger partial charge in [0, 0.05) is 11.4 Å². The molecule has 1 N–H and O–H groups in total. The molecule has 0 amide bonds. The highest BCUT2D eigenvalue weighted by Gasteiger charge is 2.13. The Kier molecular flexibility index (Phi) is 4.75. The third-order valence-electron chi connectivity index (χ3n) is 3.08. The number of benzene rings is 2. The van der Waals surface area contributed by atoms with Crippen molar-refractivity contribution in [1.82, 2.24) is 0 Å². The highest BCUT2D eigenvalue weighted by molar-refractivity contribution is 6.42. The summed E-state index contributed by atoms with van der Waals surface area (Å²) in [5.41, 5.74) is 2.66. The van der Waals surface area contributed by atoms with Gasteiger partial charge in [-0.05, 0) is 41.8 Å². The molecule has 0 bridgehead atoms. The van der Waals surface area contributed by atoms with Gasteiger partial charge in [-0.15, -0.1) is 0 Å². The summed E-state index contributed by atoms with van der Waals surface area (Å²) in [6.45, 7) is 1.90. The van der Waals surface area contributed by atoms with Crippen molar-refractivity contribution in [3.05, 3.63) is 68.2 Å². The second-order valence-corrected chi connectivity index (χ2v) is 5.64. The maximum absolute atomic E-state index is 10.3. The van der Waals surface area contributed by atoms with Crippen LogP contribution in [0.4, 0.5) is 0 Å². The van der Waals surface area contributed by atoms with E-state index in [2.05, 4.69) is 0 Å². The molecule has 19 heavy (non-hydrogen) atoms. The fraction of sp³-hybridized carbons (Fsp3) is 0.200. The molecule has 1 nitrogen and oxygen atoms in total. The number of hydrogen-bond donors (Lipinski definition) is 1. The van der Waals surface area contributed by atoms with Crippen LogP contribution in [0.3, 0.4) is 0 Å². The van der Waals surface area contributed by atoms with E-state index in [1.165, 1.54) is 0 Å². The Labute approximate surface area is 127 Å². The molecule has 0 aliphatic heterocycles. The zero-order valence-corrected chi connectivity index (χ0v) is 12.6. The fourth-order valence-corrected chi connectivity index (χ4v) is 2.49. The van der Waals surface area contributed by atoms with Crippen LogP contribution < -0.4 is 0 Å². The Hall–Kier alpha value is -0.730. The Balaban J connectivity index is 2.23. The van der Waals surface area contributed by atoms with Crippen LogP contribution >= 0.6 is 34.8 Å². The van der Waals surface area contributed by atoms with Crippen molar-refractivity contribution in [2.45, 2.75) is 19.4 Å². The van der Waals surface area contributed by atoms with E-state index < -0.39 is 6.10 Å². The molecular formula is C15H13Cl3O. The van der Waals surface area contributed by atoms with Crippen LogP contribution in [0.25, 0.3) is 0 Å². The van der Waals surface area contributed by atoms with E-state index >= 15 is 0 Å². The van der Waals surface area contributed by atoms with E-state index in [9.17, 15) is 5.11 Å². The molecule has 0 heterocycles. The second-order valence-electron chi connectivity index (χ2n) is 4.42. The van der Waals surface area contributed by atoms with Gasteiger partial charge >= 0.3 is 0 Å². The number of hydrogen-bond acceptors (Lipinski definition) is 1. The minimum atomic E-state index is -0.615. The molecule has 2 aromatic rings. The van der Waals surface area contributed by atoms with Gasteiger partial charge in [0.1, 0.15) is 0 Å². The van der Waals surface area contributed by atoms with Crippen molar-refractivity contribution >= 4 is 34.8 Å². The van der Waals surface area contributed by atoms with Crippen LogP contribution in [0.5, 0.6) is 0 Å². The summed E-state index contributed by atoms with van der Waals surface area (Å²) in [4.78, 5) is 0. The monoisotopic (exact) mass is 314 g/mol. The molecule has 0 aliphatic rings. The van der Waals surface area contributed by atoms with Gasteiger partial charge in [-0.25, -0.2) is 0 Å². The molecule has 0 aromatic heterocycles. The minimum absolute atomic E-state index is 0.470. The van der Waals surface area contributed by atoms with E-state index in [0.29, 0.717) is 21.5 Å². The summed E-state index contributed by atoms with van der Waals surface area (Å²) in [5, 5.41) is 12.0. The average Bonchev–Trinajstić information content (AvgIpc) is 2.37.